The molecule has 0 radical (unpaired) electrons. The molecule has 5 aliphatic rings. The highest BCUT2D eigenvalue weighted by atomic mass is 16.4. The van der Waals surface area contributed by atoms with Crippen LogP contribution in [0.25, 0.3) is 5.57 Å². The lowest BCUT2D eigenvalue weighted by Crippen LogP contribution is -2.65. The molecule has 39 heavy (non-hydrogen) atoms. The van der Waals surface area contributed by atoms with Crippen molar-refractivity contribution in [3.05, 3.63) is 53.6 Å². The molecule has 0 aliphatic heterocycles. The molecule has 0 amide bonds. The van der Waals surface area contributed by atoms with Gasteiger partial charge >= 0.3 is 5.97 Å². The number of fused-ring (bicyclic) bond motifs is 7. The normalized spacial score (nSPS) is 46.2. The first-order chi connectivity index (χ1) is 18.2. The number of hydrogen-bond acceptors (Lipinski definition) is 1. The molecule has 9 atom stereocenters. The van der Waals surface area contributed by atoms with Crippen LogP contribution in [-0.4, -0.2) is 11.1 Å². The van der Waals surface area contributed by atoms with Crippen molar-refractivity contribution in [2.75, 3.05) is 0 Å². The Hall–Kier alpha value is -1.83. The Kier molecular flexibility index (Phi) is 6.02. The molecule has 4 saturated carbocycles. The number of benzene rings is 1. The Morgan fingerprint density at radius 2 is 1.54 bits per heavy atom. The lowest BCUT2D eigenvalue weighted by Gasteiger charge is -2.72. The second-order valence-corrected chi connectivity index (χ2v) is 16.3. The molecular weight excluding hydrogens is 476 g/mol. The molecule has 0 aromatic heterocycles. The van der Waals surface area contributed by atoms with Gasteiger partial charge in [0.25, 0.3) is 0 Å². The maximum Gasteiger partial charge on any atom is 0.335 e. The zero-order valence-electron chi connectivity index (χ0n) is 25.7. The first-order valence-corrected chi connectivity index (χ1v) is 15.9. The molecule has 1 aromatic carbocycles. The number of rotatable bonds is 3. The van der Waals surface area contributed by atoms with Gasteiger partial charge in [0, 0.05) is 0 Å². The quantitative estimate of drug-likeness (QED) is 0.396. The third kappa shape index (κ3) is 3.54. The molecule has 0 heterocycles. The molecule has 0 bridgehead atoms. The lowest BCUT2D eigenvalue weighted by atomic mass is 9.32. The third-order valence-corrected chi connectivity index (χ3v) is 14.5. The van der Waals surface area contributed by atoms with Gasteiger partial charge < -0.3 is 5.11 Å². The molecular formula is C37H52O2. The van der Waals surface area contributed by atoms with Gasteiger partial charge in [-0.3, -0.25) is 0 Å². The van der Waals surface area contributed by atoms with Crippen LogP contribution < -0.4 is 0 Å². The summed E-state index contributed by atoms with van der Waals surface area (Å²) in [5.41, 5.74) is 6.12. The van der Waals surface area contributed by atoms with E-state index in [0.29, 0.717) is 33.1 Å². The topological polar surface area (TPSA) is 37.3 Å². The van der Waals surface area contributed by atoms with Gasteiger partial charge in [-0.15, -0.1) is 0 Å². The van der Waals surface area contributed by atoms with Crippen LogP contribution in [0.4, 0.5) is 0 Å². The number of hydrogen-bond donors (Lipinski definition) is 1. The summed E-state index contributed by atoms with van der Waals surface area (Å²) in [6.07, 6.45) is 14.7. The van der Waals surface area contributed by atoms with E-state index in [9.17, 15) is 9.90 Å². The molecule has 2 heteroatoms. The third-order valence-electron chi connectivity index (χ3n) is 14.5. The molecule has 4 fully saturated rings. The summed E-state index contributed by atoms with van der Waals surface area (Å²) < 4.78 is 0. The Bertz CT molecular complexity index is 1220. The van der Waals surface area contributed by atoms with Crippen LogP contribution in [0.3, 0.4) is 0 Å². The van der Waals surface area contributed by atoms with E-state index in [0.717, 1.165) is 30.1 Å². The highest BCUT2D eigenvalue weighted by Gasteiger charge is 2.69. The average Bonchev–Trinajstić information content (AvgIpc) is 3.22. The predicted molar refractivity (Wildman–Crippen MR) is 161 cm³/mol. The summed E-state index contributed by atoms with van der Waals surface area (Å²) in [6.45, 7) is 22.5. The molecule has 6 rings (SSSR count). The maximum absolute atomic E-state index is 11.4. The van der Waals surface area contributed by atoms with Crippen LogP contribution in [0.1, 0.15) is 122 Å². The SMILES string of the molecule is C=C(C)[C@@H]1CC[C@]2(C)CC[C@]3(C)[C@H](CC[C@@H]4[C@@]5(C)CC=C(c6ccc(C(=O)O)cc6)C(C)(C)[C@@H]5CC[C@]43C)[C@@H]12. The van der Waals surface area contributed by atoms with Crippen molar-refractivity contribution in [3.8, 4) is 0 Å². The van der Waals surface area contributed by atoms with E-state index in [1.807, 2.05) is 12.1 Å². The number of allylic oxidation sites excluding steroid dienone is 3. The summed E-state index contributed by atoms with van der Waals surface area (Å²) in [5.74, 6) is 2.92. The minimum atomic E-state index is -0.850. The van der Waals surface area contributed by atoms with Gasteiger partial charge in [0.2, 0.25) is 0 Å². The van der Waals surface area contributed by atoms with E-state index in [-0.39, 0.29) is 5.41 Å². The predicted octanol–water partition coefficient (Wildman–Crippen LogP) is 10.1. The van der Waals surface area contributed by atoms with E-state index < -0.39 is 5.97 Å². The van der Waals surface area contributed by atoms with Crippen molar-refractivity contribution in [2.24, 2.45) is 56.7 Å². The summed E-state index contributed by atoms with van der Waals surface area (Å²) in [7, 11) is 0. The van der Waals surface area contributed by atoms with Gasteiger partial charge in [-0.25, -0.2) is 4.79 Å². The number of carbonyl (C=O) groups is 1. The van der Waals surface area contributed by atoms with Gasteiger partial charge in [0.1, 0.15) is 0 Å². The molecule has 0 spiro atoms. The van der Waals surface area contributed by atoms with Gasteiger partial charge in [-0.2, -0.15) is 0 Å². The second-order valence-electron chi connectivity index (χ2n) is 16.3. The summed E-state index contributed by atoms with van der Waals surface area (Å²) in [6, 6.07) is 7.64. The summed E-state index contributed by atoms with van der Waals surface area (Å²) in [4.78, 5) is 11.4. The van der Waals surface area contributed by atoms with Crippen LogP contribution in [0.15, 0.2) is 42.5 Å². The highest BCUT2D eigenvalue weighted by molar-refractivity contribution is 5.88. The van der Waals surface area contributed by atoms with Crippen molar-refractivity contribution in [1.29, 1.82) is 0 Å². The Balaban J connectivity index is 1.36. The van der Waals surface area contributed by atoms with Crippen LogP contribution in [0.2, 0.25) is 0 Å². The fourth-order valence-electron chi connectivity index (χ4n) is 12.4. The Morgan fingerprint density at radius 3 is 2.18 bits per heavy atom. The van der Waals surface area contributed by atoms with Crippen molar-refractivity contribution >= 4 is 11.5 Å². The van der Waals surface area contributed by atoms with Gasteiger partial charge in [0.15, 0.2) is 0 Å². The molecule has 0 saturated heterocycles. The molecule has 2 nitrogen and oxygen atoms in total. The van der Waals surface area contributed by atoms with Gasteiger partial charge in [-0.05, 0) is 145 Å². The second kappa shape index (κ2) is 8.59. The van der Waals surface area contributed by atoms with Crippen LogP contribution in [-0.2, 0) is 0 Å². The Morgan fingerprint density at radius 1 is 0.846 bits per heavy atom. The molecule has 5 aliphatic carbocycles. The van der Waals surface area contributed by atoms with E-state index in [2.05, 4.69) is 61.1 Å². The fraction of sp³-hybridized carbons (Fsp3) is 0.703. The van der Waals surface area contributed by atoms with Crippen molar-refractivity contribution < 1.29 is 9.90 Å². The lowest BCUT2D eigenvalue weighted by molar-refractivity contribution is -0.223. The standard InChI is InChI=1S/C37H52O2/c1-23(2)26-15-18-34(5)21-22-36(7)28(31(26)34)13-14-30-35(6)19-16-27(24-9-11-25(12-10-24)32(38)39)33(3,4)29(35)17-20-37(30,36)8/h9-12,16,26,28-31H,1,13-15,17-22H2,2-8H3,(H,38,39)/t26-,28+,29-,30+,31+,34+,35-,36+,37+/m0/s1. The number of carboxylic acids is 1. The van der Waals surface area contributed by atoms with Crippen LogP contribution in [0, 0.1) is 56.7 Å². The maximum atomic E-state index is 11.4. The average molecular weight is 529 g/mol. The summed E-state index contributed by atoms with van der Waals surface area (Å²) in [5, 5.41) is 9.40. The zero-order chi connectivity index (χ0) is 28.2. The first-order valence-electron chi connectivity index (χ1n) is 15.9. The zero-order valence-corrected chi connectivity index (χ0v) is 25.7. The van der Waals surface area contributed by atoms with Gasteiger partial charge in [-0.1, -0.05) is 71.9 Å². The van der Waals surface area contributed by atoms with E-state index in [1.54, 1.807) is 12.1 Å². The molecule has 212 valence electrons. The smallest absolute Gasteiger partial charge is 0.335 e. The minimum Gasteiger partial charge on any atom is -0.478 e. The van der Waals surface area contributed by atoms with E-state index in [4.69, 9.17) is 0 Å². The first kappa shape index (κ1) is 27.3. The van der Waals surface area contributed by atoms with Crippen LogP contribution >= 0.6 is 0 Å². The monoisotopic (exact) mass is 528 g/mol. The van der Waals surface area contributed by atoms with Crippen molar-refractivity contribution in [3.63, 3.8) is 0 Å². The summed E-state index contributed by atoms with van der Waals surface area (Å²) >= 11 is 0. The minimum absolute atomic E-state index is 0.0679. The highest BCUT2D eigenvalue weighted by Crippen LogP contribution is 2.77. The fourth-order valence-corrected chi connectivity index (χ4v) is 12.4. The van der Waals surface area contributed by atoms with E-state index >= 15 is 0 Å². The molecule has 1 N–H and O–H groups in total. The molecule has 0 unspecified atom stereocenters. The number of carboxylic acid groups (broad SMARTS) is 1. The largest absolute Gasteiger partial charge is 0.478 e. The van der Waals surface area contributed by atoms with Crippen molar-refractivity contribution in [2.45, 2.75) is 106 Å². The van der Waals surface area contributed by atoms with Crippen molar-refractivity contribution in [1.82, 2.24) is 0 Å². The Labute approximate surface area is 237 Å². The van der Waals surface area contributed by atoms with Crippen LogP contribution in [0.5, 0.6) is 0 Å². The van der Waals surface area contributed by atoms with E-state index in [1.165, 1.54) is 68.1 Å². The molecule has 1 aromatic rings. The van der Waals surface area contributed by atoms with Gasteiger partial charge in [0.05, 0.1) is 5.56 Å². The number of aromatic carboxylic acids is 1.